The van der Waals surface area contributed by atoms with Crippen LogP contribution in [0, 0.1) is 6.92 Å². The second-order valence-electron chi connectivity index (χ2n) is 7.94. The van der Waals surface area contributed by atoms with Crippen LogP contribution in [0.5, 0.6) is 0 Å². The van der Waals surface area contributed by atoms with Crippen LogP contribution in [0.2, 0.25) is 0 Å². The highest BCUT2D eigenvalue weighted by molar-refractivity contribution is 9.10. The Morgan fingerprint density at radius 1 is 1.07 bits per heavy atom. The Bertz CT molecular complexity index is 999. The molecular formula is C22H28BrN3O3S. The molecule has 1 aliphatic heterocycles. The Labute approximate surface area is 187 Å². The fraction of sp³-hybridized carbons (Fsp3) is 0.409. The third kappa shape index (κ3) is 5.49. The summed E-state index contributed by atoms with van der Waals surface area (Å²) in [6, 6.07) is 12.9. The summed E-state index contributed by atoms with van der Waals surface area (Å²) in [5, 5.41) is 2.91. The molecule has 0 spiro atoms. The van der Waals surface area contributed by atoms with Crippen molar-refractivity contribution in [1.29, 1.82) is 0 Å². The van der Waals surface area contributed by atoms with Gasteiger partial charge in [0.15, 0.2) is 0 Å². The molecule has 30 heavy (non-hydrogen) atoms. The number of anilines is 1. The molecule has 0 unspecified atom stereocenters. The highest BCUT2D eigenvalue weighted by atomic mass is 79.9. The van der Waals surface area contributed by atoms with E-state index < -0.39 is 10.0 Å². The SMILES string of the molecule is Cc1ccc(NC(=O)CN2CCN(S(=O)(=O)c3ccc(C(C)C)cc3)CC2)c(Br)c1. The predicted octanol–water partition coefficient (Wildman–Crippen LogP) is 3.83. The number of aryl methyl sites for hydroxylation is 1. The van der Waals surface area contributed by atoms with E-state index in [-0.39, 0.29) is 12.5 Å². The maximum atomic E-state index is 12.9. The fourth-order valence-electron chi connectivity index (χ4n) is 3.42. The molecule has 0 radical (unpaired) electrons. The quantitative estimate of drug-likeness (QED) is 0.663. The van der Waals surface area contributed by atoms with E-state index in [0.717, 1.165) is 21.3 Å². The van der Waals surface area contributed by atoms with Crippen LogP contribution in [0.3, 0.4) is 0 Å². The summed E-state index contributed by atoms with van der Waals surface area (Å²) in [5.41, 5.74) is 2.96. The van der Waals surface area contributed by atoms with Gasteiger partial charge in [-0.2, -0.15) is 4.31 Å². The van der Waals surface area contributed by atoms with E-state index in [4.69, 9.17) is 0 Å². The molecule has 2 aromatic rings. The van der Waals surface area contributed by atoms with Crippen LogP contribution in [0.1, 0.15) is 30.9 Å². The van der Waals surface area contributed by atoms with Gasteiger partial charge in [-0.3, -0.25) is 9.69 Å². The average molecular weight is 494 g/mol. The Balaban J connectivity index is 1.55. The van der Waals surface area contributed by atoms with E-state index >= 15 is 0 Å². The lowest BCUT2D eigenvalue weighted by Gasteiger charge is -2.33. The van der Waals surface area contributed by atoms with E-state index in [9.17, 15) is 13.2 Å². The van der Waals surface area contributed by atoms with E-state index in [0.29, 0.717) is 37.0 Å². The lowest BCUT2D eigenvalue weighted by atomic mass is 10.0. The van der Waals surface area contributed by atoms with Crippen LogP contribution in [0.15, 0.2) is 51.8 Å². The number of rotatable bonds is 6. The third-order valence-electron chi connectivity index (χ3n) is 5.28. The van der Waals surface area contributed by atoms with Crippen LogP contribution in [0.4, 0.5) is 5.69 Å². The van der Waals surface area contributed by atoms with Crippen molar-refractivity contribution in [2.24, 2.45) is 0 Å². The number of sulfonamides is 1. The van der Waals surface area contributed by atoms with E-state index in [1.54, 1.807) is 12.1 Å². The summed E-state index contributed by atoms with van der Waals surface area (Å²) in [7, 11) is -3.51. The van der Waals surface area contributed by atoms with E-state index in [2.05, 4.69) is 35.1 Å². The number of nitrogens with zero attached hydrogens (tertiary/aromatic N) is 2. The van der Waals surface area contributed by atoms with Crippen molar-refractivity contribution in [2.45, 2.75) is 31.6 Å². The fourth-order valence-corrected chi connectivity index (χ4v) is 5.43. The monoisotopic (exact) mass is 493 g/mol. The number of carbonyl (C=O) groups is 1. The zero-order valence-electron chi connectivity index (χ0n) is 17.6. The van der Waals surface area contributed by atoms with Crippen molar-refractivity contribution in [3.05, 3.63) is 58.1 Å². The van der Waals surface area contributed by atoms with Gasteiger partial charge in [-0.1, -0.05) is 32.0 Å². The number of amides is 1. The molecule has 1 heterocycles. The van der Waals surface area contributed by atoms with Crippen molar-refractivity contribution >= 4 is 37.5 Å². The topological polar surface area (TPSA) is 69.7 Å². The van der Waals surface area contributed by atoms with Gasteiger partial charge >= 0.3 is 0 Å². The highest BCUT2D eigenvalue weighted by Gasteiger charge is 2.29. The number of hydrogen-bond acceptors (Lipinski definition) is 4. The van der Waals surface area contributed by atoms with Crippen LogP contribution in [-0.4, -0.2) is 56.3 Å². The highest BCUT2D eigenvalue weighted by Crippen LogP contribution is 2.24. The first-order valence-electron chi connectivity index (χ1n) is 10.1. The molecule has 3 rings (SSSR count). The van der Waals surface area contributed by atoms with Gasteiger partial charge in [-0.25, -0.2) is 8.42 Å². The van der Waals surface area contributed by atoms with Gasteiger partial charge in [0.05, 0.1) is 17.1 Å². The second kappa shape index (κ2) is 9.60. The summed E-state index contributed by atoms with van der Waals surface area (Å²) < 4.78 is 28.2. The van der Waals surface area contributed by atoms with Crippen LogP contribution in [0.25, 0.3) is 0 Å². The van der Waals surface area contributed by atoms with Gasteiger partial charge in [0.25, 0.3) is 0 Å². The maximum Gasteiger partial charge on any atom is 0.243 e. The number of hydrogen-bond donors (Lipinski definition) is 1. The van der Waals surface area contributed by atoms with Gasteiger partial charge in [-0.15, -0.1) is 0 Å². The molecule has 0 aromatic heterocycles. The molecule has 0 aliphatic carbocycles. The predicted molar refractivity (Wildman–Crippen MR) is 123 cm³/mol. The lowest BCUT2D eigenvalue weighted by Crippen LogP contribution is -2.50. The number of carbonyl (C=O) groups excluding carboxylic acids is 1. The minimum absolute atomic E-state index is 0.111. The summed E-state index contributed by atoms with van der Waals surface area (Å²) >= 11 is 3.46. The van der Waals surface area contributed by atoms with Crippen molar-refractivity contribution in [3.8, 4) is 0 Å². The largest absolute Gasteiger partial charge is 0.324 e. The first-order valence-corrected chi connectivity index (χ1v) is 12.3. The van der Waals surface area contributed by atoms with Crippen molar-refractivity contribution in [2.75, 3.05) is 38.0 Å². The zero-order chi connectivity index (χ0) is 21.9. The Morgan fingerprint density at radius 2 is 1.70 bits per heavy atom. The Morgan fingerprint density at radius 3 is 2.27 bits per heavy atom. The normalized spacial score (nSPS) is 16.0. The molecule has 6 nitrogen and oxygen atoms in total. The van der Waals surface area contributed by atoms with Gasteiger partial charge in [0, 0.05) is 30.7 Å². The first-order chi connectivity index (χ1) is 14.2. The molecule has 0 atom stereocenters. The van der Waals surface area contributed by atoms with Crippen LogP contribution in [-0.2, 0) is 14.8 Å². The molecule has 1 aliphatic rings. The summed E-state index contributed by atoms with van der Waals surface area (Å²) in [6.45, 7) is 8.16. The summed E-state index contributed by atoms with van der Waals surface area (Å²) in [4.78, 5) is 14.7. The number of benzene rings is 2. The van der Waals surface area contributed by atoms with Crippen molar-refractivity contribution in [3.63, 3.8) is 0 Å². The number of halogens is 1. The van der Waals surface area contributed by atoms with Crippen LogP contribution >= 0.6 is 15.9 Å². The molecule has 1 fully saturated rings. The third-order valence-corrected chi connectivity index (χ3v) is 7.85. The van der Waals surface area contributed by atoms with Gasteiger partial charge in [0.1, 0.15) is 0 Å². The summed E-state index contributed by atoms with van der Waals surface area (Å²) in [6.07, 6.45) is 0. The average Bonchev–Trinajstić information content (AvgIpc) is 2.70. The molecule has 0 saturated carbocycles. The summed E-state index contributed by atoms with van der Waals surface area (Å²) in [5.74, 6) is 0.247. The lowest BCUT2D eigenvalue weighted by molar-refractivity contribution is -0.117. The van der Waals surface area contributed by atoms with Gasteiger partial charge < -0.3 is 5.32 Å². The second-order valence-corrected chi connectivity index (χ2v) is 10.7. The minimum Gasteiger partial charge on any atom is -0.324 e. The molecule has 1 saturated heterocycles. The molecule has 8 heteroatoms. The molecule has 162 valence electrons. The van der Waals surface area contributed by atoms with Crippen molar-refractivity contribution < 1.29 is 13.2 Å². The Hall–Kier alpha value is -1.74. The molecular weight excluding hydrogens is 466 g/mol. The van der Waals surface area contributed by atoms with E-state index in [1.807, 2.05) is 42.2 Å². The van der Waals surface area contributed by atoms with E-state index in [1.165, 1.54) is 4.31 Å². The Kier molecular flexibility index (Phi) is 7.34. The molecule has 1 N–H and O–H groups in total. The molecule has 1 amide bonds. The van der Waals surface area contributed by atoms with Gasteiger partial charge in [0.2, 0.25) is 15.9 Å². The van der Waals surface area contributed by atoms with Gasteiger partial charge in [-0.05, 0) is 64.2 Å². The number of piperazine rings is 1. The van der Waals surface area contributed by atoms with Crippen LogP contribution < -0.4 is 5.32 Å². The smallest absolute Gasteiger partial charge is 0.243 e. The minimum atomic E-state index is -3.51. The number of nitrogens with one attached hydrogen (secondary N) is 1. The zero-order valence-corrected chi connectivity index (χ0v) is 20.0. The standard InChI is InChI=1S/C22H28BrN3O3S/c1-16(2)18-5-7-19(8-6-18)30(28,29)26-12-10-25(11-13-26)15-22(27)24-21-9-4-17(3)14-20(21)23/h4-9,14,16H,10-13,15H2,1-3H3,(H,24,27). The van der Waals surface area contributed by atoms with Crippen molar-refractivity contribution in [1.82, 2.24) is 9.21 Å². The first kappa shape index (κ1) is 22.9. The maximum absolute atomic E-state index is 12.9. The molecule has 0 bridgehead atoms. The molecule has 2 aromatic carbocycles.